The molecule has 3 aromatic carbocycles. The number of hydrogen-bond acceptors (Lipinski definition) is 5. The summed E-state index contributed by atoms with van der Waals surface area (Å²) in [7, 11) is 2.94. The summed E-state index contributed by atoms with van der Waals surface area (Å²) >= 11 is 0. The molecular formula is C26H20F3NO5. The highest BCUT2D eigenvalue weighted by molar-refractivity contribution is 6.51. The third-order valence-electron chi connectivity index (χ3n) is 5.69. The lowest BCUT2D eigenvalue weighted by Gasteiger charge is -2.26. The number of amides is 1. The van der Waals surface area contributed by atoms with E-state index in [2.05, 4.69) is 0 Å². The number of anilines is 1. The number of carbonyl (C=O) groups excluding carboxylic acids is 2. The number of Topliss-reactive ketones (excluding diaryl/α,β-unsaturated/α-hetero) is 1. The second kappa shape index (κ2) is 9.17. The quantitative estimate of drug-likeness (QED) is 0.301. The van der Waals surface area contributed by atoms with Gasteiger partial charge >= 0.3 is 6.18 Å². The molecule has 1 fully saturated rings. The Morgan fingerprint density at radius 1 is 0.886 bits per heavy atom. The molecule has 0 aliphatic carbocycles. The van der Waals surface area contributed by atoms with Crippen LogP contribution in [0.25, 0.3) is 5.76 Å². The fourth-order valence-corrected chi connectivity index (χ4v) is 3.94. The van der Waals surface area contributed by atoms with Gasteiger partial charge in [0.25, 0.3) is 11.7 Å². The van der Waals surface area contributed by atoms with E-state index in [0.717, 1.165) is 23.1 Å². The molecule has 1 saturated heterocycles. The summed E-state index contributed by atoms with van der Waals surface area (Å²) in [6.07, 6.45) is -4.65. The average Bonchev–Trinajstić information content (AvgIpc) is 3.13. The van der Waals surface area contributed by atoms with Crippen LogP contribution in [0.5, 0.6) is 11.5 Å². The average molecular weight is 483 g/mol. The third kappa shape index (κ3) is 4.44. The van der Waals surface area contributed by atoms with E-state index in [0.29, 0.717) is 17.1 Å². The van der Waals surface area contributed by atoms with Crippen LogP contribution >= 0.6 is 0 Å². The van der Waals surface area contributed by atoms with Crippen LogP contribution in [-0.4, -0.2) is 31.0 Å². The van der Waals surface area contributed by atoms with Crippen LogP contribution in [0.2, 0.25) is 0 Å². The minimum Gasteiger partial charge on any atom is -0.507 e. The van der Waals surface area contributed by atoms with Gasteiger partial charge in [-0.25, -0.2) is 0 Å². The van der Waals surface area contributed by atoms with Crippen LogP contribution < -0.4 is 14.4 Å². The Morgan fingerprint density at radius 2 is 1.46 bits per heavy atom. The van der Waals surface area contributed by atoms with Gasteiger partial charge in [-0.15, -0.1) is 0 Å². The van der Waals surface area contributed by atoms with E-state index in [-0.39, 0.29) is 16.8 Å². The maximum atomic E-state index is 13.4. The van der Waals surface area contributed by atoms with Crippen LogP contribution in [0.3, 0.4) is 0 Å². The smallest absolute Gasteiger partial charge is 0.416 e. The zero-order valence-electron chi connectivity index (χ0n) is 18.7. The highest BCUT2D eigenvalue weighted by atomic mass is 19.4. The molecule has 6 nitrogen and oxygen atoms in total. The largest absolute Gasteiger partial charge is 0.507 e. The van der Waals surface area contributed by atoms with Crippen molar-refractivity contribution >= 4 is 23.1 Å². The van der Waals surface area contributed by atoms with Crippen molar-refractivity contribution in [3.8, 4) is 11.5 Å². The predicted octanol–water partition coefficient (Wildman–Crippen LogP) is 5.35. The van der Waals surface area contributed by atoms with Crippen molar-refractivity contribution in [2.75, 3.05) is 19.1 Å². The molecule has 0 radical (unpaired) electrons. The van der Waals surface area contributed by atoms with Crippen molar-refractivity contribution in [1.82, 2.24) is 0 Å². The normalized spacial score (nSPS) is 17.5. The van der Waals surface area contributed by atoms with Crippen molar-refractivity contribution in [3.63, 3.8) is 0 Å². The molecule has 0 saturated carbocycles. The lowest BCUT2D eigenvalue weighted by atomic mass is 9.95. The van der Waals surface area contributed by atoms with Gasteiger partial charge in [0, 0.05) is 11.3 Å². The van der Waals surface area contributed by atoms with Crippen LogP contribution in [0.15, 0.2) is 78.4 Å². The summed E-state index contributed by atoms with van der Waals surface area (Å²) in [5, 5.41) is 11.1. The molecule has 1 atom stereocenters. The zero-order valence-corrected chi connectivity index (χ0v) is 18.7. The number of rotatable bonds is 5. The number of ketones is 1. The van der Waals surface area contributed by atoms with Crippen molar-refractivity contribution in [1.29, 1.82) is 0 Å². The Morgan fingerprint density at radius 3 is 2.00 bits per heavy atom. The highest BCUT2D eigenvalue weighted by Crippen LogP contribution is 2.43. The molecular weight excluding hydrogens is 463 g/mol. The summed E-state index contributed by atoms with van der Waals surface area (Å²) in [6, 6.07) is 15.5. The fraction of sp³-hybridized carbons (Fsp3) is 0.154. The Kier molecular flexibility index (Phi) is 6.26. The van der Waals surface area contributed by atoms with E-state index in [1.807, 2.05) is 0 Å². The number of hydrogen-bond donors (Lipinski definition) is 1. The number of alkyl halides is 3. The van der Waals surface area contributed by atoms with E-state index < -0.39 is 35.2 Å². The Hall–Kier alpha value is -4.27. The van der Waals surface area contributed by atoms with Crippen molar-refractivity contribution < 1.29 is 37.3 Å². The summed E-state index contributed by atoms with van der Waals surface area (Å²) in [5.74, 6) is -1.52. The predicted molar refractivity (Wildman–Crippen MR) is 122 cm³/mol. The summed E-state index contributed by atoms with van der Waals surface area (Å²) in [6.45, 7) is 0. The van der Waals surface area contributed by atoms with Crippen LogP contribution in [0.1, 0.15) is 22.7 Å². The first-order chi connectivity index (χ1) is 16.7. The molecule has 4 rings (SSSR count). The number of benzene rings is 3. The minimum atomic E-state index is -4.65. The fourth-order valence-electron chi connectivity index (χ4n) is 3.94. The molecule has 9 heteroatoms. The third-order valence-corrected chi connectivity index (χ3v) is 5.69. The van der Waals surface area contributed by atoms with E-state index in [1.165, 1.54) is 32.4 Å². The zero-order chi connectivity index (χ0) is 25.3. The maximum absolute atomic E-state index is 13.4. The molecule has 1 heterocycles. The molecule has 1 amide bonds. The van der Waals surface area contributed by atoms with Crippen LogP contribution in [0, 0.1) is 0 Å². The molecule has 3 aromatic rings. The maximum Gasteiger partial charge on any atom is 0.416 e. The van der Waals surface area contributed by atoms with Gasteiger partial charge in [0.05, 0.1) is 31.4 Å². The second-order valence-electron chi connectivity index (χ2n) is 7.72. The van der Waals surface area contributed by atoms with Crippen LogP contribution in [-0.2, 0) is 15.8 Å². The number of nitrogens with zero attached hydrogens (tertiary/aromatic N) is 1. The Balaban J connectivity index is 1.92. The van der Waals surface area contributed by atoms with Gasteiger partial charge in [-0.2, -0.15) is 13.2 Å². The molecule has 0 bridgehead atoms. The van der Waals surface area contributed by atoms with Gasteiger partial charge in [-0.1, -0.05) is 18.2 Å². The molecule has 0 aromatic heterocycles. The van der Waals surface area contributed by atoms with Gasteiger partial charge in [-0.3, -0.25) is 14.5 Å². The topological polar surface area (TPSA) is 76.1 Å². The first-order valence-corrected chi connectivity index (χ1v) is 10.4. The van der Waals surface area contributed by atoms with Gasteiger partial charge < -0.3 is 14.6 Å². The first-order valence-electron chi connectivity index (χ1n) is 10.4. The monoisotopic (exact) mass is 483 g/mol. The highest BCUT2D eigenvalue weighted by Gasteiger charge is 2.47. The SMILES string of the molecule is COc1ccc(C(O)=C2C(=O)C(=O)N(c3cccc(C(F)(F)F)c3)[C@H]2c2ccc(OC)cc2)cc1. The number of aliphatic hydroxyl groups is 1. The van der Waals surface area contributed by atoms with E-state index >= 15 is 0 Å². The summed E-state index contributed by atoms with van der Waals surface area (Å²) in [4.78, 5) is 27.2. The molecule has 180 valence electrons. The molecule has 0 spiro atoms. The van der Waals surface area contributed by atoms with Crippen LogP contribution in [0.4, 0.5) is 18.9 Å². The molecule has 1 N–H and O–H groups in total. The van der Waals surface area contributed by atoms with Crippen molar-refractivity contribution in [3.05, 3.63) is 95.1 Å². The number of carbonyl (C=O) groups is 2. The Bertz CT molecular complexity index is 1300. The lowest BCUT2D eigenvalue weighted by Crippen LogP contribution is -2.29. The van der Waals surface area contributed by atoms with Gasteiger partial charge in [0.2, 0.25) is 0 Å². The minimum absolute atomic E-state index is 0.128. The summed E-state index contributed by atoms with van der Waals surface area (Å²) in [5.41, 5.74) is -0.705. The van der Waals surface area contributed by atoms with E-state index in [9.17, 15) is 27.9 Å². The van der Waals surface area contributed by atoms with Gasteiger partial charge in [-0.05, 0) is 60.2 Å². The number of aliphatic hydroxyl groups excluding tert-OH is 1. The summed E-state index contributed by atoms with van der Waals surface area (Å²) < 4.78 is 50.4. The van der Waals surface area contributed by atoms with Gasteiger partial charge in [0.1, 0.15) is 17.3 Å². The lowest BCUT2D eigenvalue weighted by molar-refractivity contribution is -0.137. The number of ether oxygens (including phenoxy) is 2. The molecule has 35 heavy (non-hydrogen) atoms. The standard InChI is InChI=1S/C26H20F3NO5/c1-34-19-10-6-15(7-11-19)22-21(23(31)16-8-12-20(35-2)13-9-16)24(32)25(33)30(22)18-5-3-4-17(14-18)26(27,28)29/h3-14,22,31H,1-2H3/t22-/m0/s1. The number of methoxy groups -OCH3 is 2. The van der Waals surface area contributed by atoms with Crippen molar-refractivity contribution in [2.24, 2.45) is 0 Å². The number of halogens is 3. The van der Waals surface area contributed by atoms with Gasteiger partial charge in [0.15, 0.2) is 0 Å². The molecule has 1 aliphatic rings. The van der Waals surface area contributed by atoms with Crippen molar-refractivity contribution in [2.45, 2.75) is 12.2 Å². The molecule has 1 aliphatic heterocycles. The first kappa shape index (κ1) is 23.9. The molecule has 0 unspecified atom stereocenters. The second-order valence-corrected chi connectivity index (χ2v) is 7.72. The Labute approximate surface area is 198 Å². The van der Waals surface area contributed by atoms with E-state index in [1.54, 1.807) is 36.4 Å². The van der Waals surface area contributed by atoms with E-state index in [4.69, 9.17) is 9.47 Å².